The Balaban J connectivity index is 3.15. The Kier molecular flexibility index (Phi) is 4.82. The van der Waals surface area contributed by atoms with Crippen LogP contribution in [-0.4, -0.2) is 24.7 Å². The molecule has 100 valence electrons. The fourth-order valence-electron chi connectivity index (χ4n) is 1.46. The number of methoxy groups -OCH3 is 1. The predicted octanol–water partition coefficient (Wildman–Crippen LogP) is 1.72. The van der Waals surface area contributed by atoms with Crippen molar-refractivity contribution in [2.75, 3.05) is 19.5 Å². The zero-order chi connectivity index (χ0) is 13.7. The molecular formula is C11H14F2N2O3. The molecule has 0 atom stereocenters. The second-order valence-corrected chi connectivity index (χ2v) is 3.40. The highest BCUT2D eigenvalue weighted by molar-refractivity contribution is 5.76. The minimum atomic E-state index is -2.77. The molecule has 2 N–H and O–H groups in total. The number of nitrogens with zero attached hydrogens (tertiary/aromatic N) is 1. The summed E-state index contributed by atoms with van der Waals surface area (Å²) in [5.41, 5.74) is 5.19. The van der Waals surface area contributed by atoms with Gasteiger partial charge in [-0.1, -0.05) is 0 Å². The number of nitrogen functional groups attached to an aromatic ring is 1. The van der Waals surface area contributed by atoms with Gasteiger partial charge in [0, 0.05) is 17.3 Å². The van der Waals surface area contributed by atoms with Gasteiger partial charge in [-0.3, -0.25) is 4.79 Å². The van der Waals surface area contributed by atoms with E-state index in [0.717, 1.165) is 6.20 Å². The number of anilines is 1. The van der Waals surface area contributed by atoms with Gasteiger partial charge in [0.25, 0.3) is 6.43 Å². The largest absolute Gasteiger partial charge is 0.480 e. The van der Waals surface area contributed by atoms with Gasteiger partial charge >= 0.3 is 5.97 Å². The summed E-state index contributed by atoms with van der Waals surface area (Å²) in [5.74, 6) is -0.613. The lowest BCUT2D eigenvalue weighted by atomic mass is 10.1. The van der Waals surface area contributed by atoms with E-state index in [1.165, 1.54) is 7.11 Å². The third-order valence-corrected chi connectivity index (χ3v) is 2.28. The van der Waals surface area contributed by atoms with Crippen LogP contribution in [0.25, 0.3) is 0 Å². The third-order valence-electron chi connectivity index (χ3n) is 2.28. The first-order valence-corrected chi connectivity index (χ1v) is 5.26. The van der Waals surface area contributed by atoms with Gasteiger partial charge in [-0.25, -0.2) is 13.8 Å². The van der Waals surface area contributed by atoms with Crippen LogP contribution in [0.5, 0.6) is 5.88 Å². The molecule has 0 aliphatic rings. The quantitative estimate of drug-likeness (QED) is 0.816. The molecule has 1 rings (SSSR count). The molecule has 18 heavy (non-hydrogen) atoms. The summed E-state index contributed by atoms with van der Waals surface area (Å²) in [5, 5.41) is 0. The van der Waals surface area contributed by atoms with E-state index in [4.69, 9.17) is 15.2 Å². The van der Waals surface area contributed by atoms with E-state index in [9.17, 15) is 13.6 Å². The maximum absolute atomic E-state index is 12.8. The molecule has 1 aromatic heterocycles. The Morgan fingerprint density at radius 1 is 1.56 bits per heavy atom. The van der Waals surface area contributed by atoms with Crippen LogP contribution >= 0.6 is 0 Å². The Morgan fingerprint density at radius 3 is 2.72 bits per heavy atom. The van der Waals surface area contributed by atoms with E-state index >= 15 is 0 Å². The fourth-order valence-corrected chi connectivity index (χ4v) is 1.46. The first-order chi connectivity index (χ1) is 8.51. The average Bonchev–Trinajstić information content (AvgIpc) is 2.31. The Bertz CT molecular complexity index is 439. The van der Waals surface area contributed by atoms with Crippen LogP contribution in [-0.2, 0) is 16.0 Å². The van der Waals surface area contributed by atoms with Gasteiger partial charge in [-0.15, -0.1) is 0 Å². The SMILES string of the molecule is CCOC(=O)Cc1c(C(F)F)cnc(OC)c1N. The Labute approximate surface area is 103 Å². The molecule has 5 nitrogen and oxygen atoms in total. The zero-order valence-corrected chi connectivity index (χ0v) is 10.1. The Hall–Kier alpha value is -1.92. The normalized spacial score (nSPS) is 10.5. The lowest BCUT2D eigenvalue weighted by Gasteiger charge is -2.13. The number of rotatable bonds is 5. The number of hydrogen-bond donors (Lipinski definition) is 1. The van der Waals surface area contributed by atoms with Crippen molar-refractivity contribution in [3.8, 4) is 5.88 Å². The minimum Gasteiger partial charge on any atom is -0.480 e. The molecular weight excluding hydrogens is 246 g/mol. The number of hydrogen-bond acceptors (Lipinski definition) is 5. The van der Waals surface area contributed by atoms with Crippen LogP contribution < -0.4 is 10.5 Å². The third kappa shape index (κ3) is 3.06. The van der Waals surface area contributed by atoms with Crippen LogP contribution in [0, 0.1) is 0 Å². The van der Waals surface area contributed by atoms with E-state index in [1.54, 1.807) is 6.92 Å². The van der Waals surface area contributed by atoms with Crippen LogP contribution in [0.3, 0.4) is 0 Å². The summed E-state index contributed by atoms with van der Waals surface area (Å²) < 4.78 is 35.1. The van der Waals surface area contributed by atoms with Gasteiger partial charge in [0.05, 0.1) is 25.8 Å². The highest BCUT2D eigenvalue weighted by atomic mass is 19.3. The molecule has 0 amide bonds. The molecule has 0 bridgehead atoms. The van der Waals surface area contributed by atoms with Gasteiger partial charge in [0.15, 0.2) is 0 Å². The van der Waals surface area contributed by atoms with E-state index < -0.39 is 12.4 Å². The number of carbonyl (C=O) groups excluding carboxylic acids is 1. The number of carbonyl (C=O) groups is 1. The lowest BCUT2D eigenvalue weighted by molar-refractivity contribution is -0.142. The van der Waals surface area contributed by atoms with Gasteiger partial charge in [0.2, 0.25) is 5.88 Å². The monoisotopic (exact) mass is 260 g/mol. The van der Waals surface area contributed by atoms with E-state index in [2.05, 4.69) is 4.98 Å². The van der Waals surface area contributed by atoms with Crippen LogP contribution in [0.2, 0.25) is 0 Å². The zero-order valence-electron chi connectivity index (χ0n) is 10.1. The summed E-state index contributed by atoms with van der Waals surface area (Å²) in [4.78, 5) is 15.0. The summed E-state index contributed by atoms with van der Waals surface area (Å²) >= 11 is 0. The minimum absolute atomic E-state index is 0.00435. The van der Waals surface area contributed by atoms with Gasteiger partial charge < -0.3 is 15.2 Å². The van der Waals surface area contributed by atoms with Crippen molar-refractivity contribution in [1.29, 1.82) is 0 Å². The maximum Gasteiger partial charge on any atom is 0.310 e. The van der Waals surface area contributed by atoms with Crippen molar-refractivity contribution in [3.63, 3.8) is 0 Å². The first kappa shape index (κ1) is 14.1. The molecule has 0 aliphatic heterocycles. The molecule has 0 fully saturated rings. The molecule has 0 spiro atoms. The second-order valence-electron chi connectivity index (χ2n) is 3.40. The molecule has 0 unspecified atom stereocenters. The van der Waals surface area contributed by atoms with Crippen molar-refractivity contribution in [2.45, 2.75) is 19.8 Å². The van der Waals surface area contributed by atoms with E-state index in [1.807, 2.05) is 0 Å². The van der Waals surface area contributed by atoms with Crippen molar-refractivity contribution in [3.05, 3.63) is 17.3 Å². The number of halogens is 2. The molecule has 0 saturated heterocycles. The van der Waals surface area contributed by atoms with Crippen LogP contribution in [0.15, 0.2) is 6.20 Å². The standard InChI is InChI=1S/C11H14F2N2O3/c1-3-18-8(16)4-6-7(10(12)13)5-15-11(17-2)9(6)14/h5,10H,3-4,14H2,1-2H3. The molecule has 0 aromatic carbocycles. The number of alkyl halides is 2. The molecule has 0 saturated carbocycles. The topological polar surface area (TPSA) is 74.4 Å². The van der Waals surface area contributed by atoms with Gasteiger partial charge in [-0.05, 0) is 6.92 Å². The van der Waals surface area contributed by atoms with Gasteiger partial charge in [-0.2, -0.15) is 0 Å². The predicted molar refractivity (Wildman–Crippen MR) is 60.5 cm³/mol. The number of nitrogens with two attached hydrogens (primary N) is 1. The maximum atomic E-state index is 12.8. The molecule has 7 heteroatoms. The van der Waals surface area contributed by atoms with Crippen molar-refractivity contribution in [1.82, 2.24) is 4.98 Å². The van der Waals surface area contributed by atoms with Crippen LogP contribution in [0.4, 0.5) is 14.5 Å². The number of esters is 1. The summed E-state index contributed by atoms with van der Waals surface area (Å²) in [6.45, 7) is 1.80. The average molecular weight is 260 g/mol. The van der Waals surface area contributed by atoms with E-state index in [-0.39, 0.29) is 35.7 Å². The fraction of sp³-hybridized carbons (Fsp3) is 0.455. The number of aromatic nitrogens is 1. The highest BCUT2D eigenvalue weighted by Gasteiger charge is 2.21. The summed E-state index contributed by atoms with van der Waals surface area (Å²) in [6, 6.07) is 0. The molecule has 1 aromatic rings. The first-order valence-electron chi connectivity index (χ1n) is 5.26. The molecule has 0 radical (unpaired) electrons. The molecule has 1 heterocycles. The van der Waals surface area contributed by atoms with Crippen molar-refractivity contribution < 1.29 is 23.0 Å². The van der Waals surface area contributed by atoms with Crippen molar-refractivity contribution >= 4 is 11.7 Å². The smallest absolute Gasteiger partial charge is 0.310 e. The van der Waals surface area contributed by atoms with E-state index in [0.29, 0.717) is 0 Å². The summed E-state index contributed by atoms with van der Waals surface area (Å²) in [6.07, 6.45) is -2.15. The van der Waals surface area contributed by atoms with Crippen molar-refractivity contribution in [2.24, 2.45) is 0 Å². The number of ether oxygens (including phenoxy) is 2. The second kappa shape index (κ2) is 6.13. The summed E-state index contributed by atoms with van der Waals surface area (Å²) in [7, 11) is 1.31. The van der Waals surface area contributed by atoms with Crippen LogP contribution in [0.1, 0.15) is 24.5 Å². The number of pyridine rings is 1. The Morgan fingerprint density at radius 2 is 2.22 bits per heavy atom. The molecule has 0 aliphatic carbocycles. The lowest BCUT2D eigenvalue weighted by Crippen LogP contribution is -2.13. The highest BCUT2D eigenvalue weighted by Crippen LogP contribution is 2.31. The van der Waals surface area contributed by atoms with Gasteiger partial charge in [0.1, 0.15) is 0 Å².